The van der Waals surface area contributed by atoms with Crippen LogP contribution in [0.25, 0.3) is 6.08 Å². The predicted octanol–water partition coefficient (Wildman–Crippen LogP) is 3.70. The van der Waals surface area contributed by atoms with Gasteiger partial charge in [0.2, 0.25) is 0 Å². The van der Waals surface area contributed by atoms with Gasteiger partial charge in [-0.25, -0.2) is 9.48 Å². The molecule has 1 heterocycles. The van der Waals surface area contributed by atoms with Gasteiger partial charge in [-0.15, -0.1) is 0 Å². The monoisotopic (exact) mass is 361 g/mol. The number of carbonyl (C=O) groups excluding carboxylic acids is 2. The molecule has 1 amide bonds. The number of aromatic nitrogens is 2. The molecular weight excluding hydrogens is 342 g/mol. The van der Waals surface area contributed by atoms with E-state index in [-0.39, 0.29) is 6.04 Å². The van der Waals surface area contributed by atoms with Crippen molar-refractivity contribution in [2.24, 2.45) is 0 Å². The summed E-state index contributed by atoms with van der Waals surface area (Å²) in [7, 11) is 0. The number of amides is 1. The predicted molar refractivity (Wildman–Crippen MR) is 97.3 cm³/mol. The maximum atomic E-state index is 12.2. The fourth-order valence-corrected chi connectivity index (χ4v) is 2.29. The lowest BCUT2D eigenvalue weighted by Crippen LogP contribution is -2.30. The quantitative estimate of drug-likeness (QED) is 0.629. The van der Waals surface area contributed by atoms with Gasteiger partial charge >= 0.3 is 5.97 Å². The van der Waals surface area contributed by atoms with Gasteiger partial charge in [0.15, 0.2) is 6.10 Å². The van der Waals surface area contributed by atoms with Crippen LogP contribution in [0.2, 0.25) is 5.02 Å². The summed E-state index contributed by atoms with van der Waals surface area (Å²) in [6, 6.07) is 8.89. The van der Waals surface area contributed by atoms with Gasteiger partial charge in [0.25, 0.3) is 5.91 Å². The van der Waals surface area contributed by atoms with E-state index >= 15 is 0 Å². The maximum absolute atomic E-state index is 12.2. The molecule has 25 heavy (non-hydrogen) atoms. The Bertz CT molecular complexity index is 783. The minimum absolute atomic E-state index is 0.0988. The molecule has 0 saturated heterocycles. The van der Waals surface area contributed by atoms with E-state index in [0.717, 1.165) is 0 Å². The van der Waals surface area contributed by atoms with E-state index in [2.05, 4.69) is 10.4 Å². The fourth-order valence-electron chi connectivity index (χ4n) is 2.09. The van der Waals surface area contributed by atoms with Gasteiger partial charge in [-0.05, 0) is 38.5 Å². The number of carbonyl (C=O) groups is 2. The minimum atomic E-state index is -0.945. The second-order valence-corrected chi connectivity index (χ2v) is 6.09. The van der Waals surface area contributed by atoms with Crippen molar-refractivity contribution in [2.75, 3.05) is 5.32 Å². The number of halogens is 1. The Morgan fingerprint density at radius 3 is 2.64 bits per heavy atom. The van der Waals surface area contributed by atoms with E-state index in [1.165, 1.54) is 13.0 Å². The van der Waals surface area contributed by atoms with Crippen molar-refractivity contribution in [3.63, 3.8) is 0 Å². The van der Waals surface area contributed by atoms with Crippen LogP contribution in [0.1, 0.15) is 32.4 Å². The van der Waals surface area contributed by atoms with Crippen LogP contribution in [-0.2, 0) is 14.3 Å². The molecule has 0 unspecified atom stereocenters. The molecule has 0 radical (unpaired) electrons. The summed E-state index contributed by atoms with van der Waals surface area (Å²) >= 11 is 6.01. The zero-order chi connectivity index (χ0) is 18.4. The molecule has 0 aliphatic heterocycles. The number of nitrogens with one attached hydrogen (secondary N) is 1. The molecule has 1 aromatic carbocycles. The number of nitrogens with zero attached hydrogens (tertiary/aromatic N) is 2. The van der Waals surface area contributed by atoms with E-state index < -0.39 is 18.0 Å². The second kappa shape index (κ2) is 8.48. The van der Waals surface area contributed by atoms with E-state index in [0.29, 0.717) is 16.4 Å². The highest BCUT2D eigenvalue weighted by atomic mass is 35.5. The molecule has 1 N–H and O–H groups in total. The molecule has 132 valence electrons. The molecule has 0 bridgehead atoms. The van der Waals surface area contributed by atoms with Gasteiger partial charge in [-0.2, -0.15) is 5.10 Å². The number of hydrogen-bond donors (Lipinski definition) is 1. The van der Waals surface area contributed by atoms with Gasteiger partial charge < -0.3 is 10.1 Å². The van der Waals surface area contributed by atoms with Gasteiger partial charge in [0.1, 0.15) is 5.82 Å². The highest BCUT2D eigenvalue weighted by Crippen LogP contribution is 2.16. The molecule has 0 fully saturated rings. The third kappa shape index (κ3) is 5.19. The number of hydrogen-bond acceptors (Lipinski definition) is 4. The van der Waals surface area contributed by atoms with Gasteiger partial charge in [0, 0.05) is 23.2 Å². The van der Waals surface area contributed by atoms with Crippen molar-refractivity contribution in [3.8, 4) is 0 Å². The molecule has 6 nitrogen and oxygen atoms in total. The van der Waals surface area contributed by atoms with Crippen molar-refractivity contribution in [2.45, 2.75) is 32.9 Å². The molecule has 0 spiro atoms. The smallest absolute Gasteiger partial charge is 0.331 e. The Morgan fingerprint density at radius 2 is 1.96 bits per heavy atom. The largest absolute Gasteiger partial charge is 0.449 e. The first kappa shape index (κ1) is 18.7. The summed E-state index contributed by atoms with van der Waals surface area (Å²) in [5, 5.41) is 7.36. The summed E-state index contributed by atoms with van der Waals surface area (Å²) in [4.78, 5) is 24.0. The zero-order valence-electron chi connectivity index (χ0n) is 14.3. The Kier molecular flexibility index (Phi) is 6.36. The normalized spacial score (nSPS) is 12.4. The molecule has 7 heteroatoms. The SMILES string of the molecule is CC(C)n1nccc1NC(=O)[C@H](C)OC(=O)/C=C/c1ccccc1Cl. The summed E-state index contributed by atoms with van der Waals surface area (Å²) in [6.07, 6.45) is 3.43. The molecule has 0 aliphatic carbocycles. The second-order valence-electron chi connectivity index (χ2n) is 5.68. The number of anilines is 1. The molecular formula is C18H20ClN3O3. The van der Waals surface area contributed by atoms with Crippen LogP contribution >= 0.6 is 11.6 Å². The first-order valence-corrected chi connectivity index (χ1v) is 8.24. The molecule has 2 aromatic rings. The number of ether oxygens (including phenoxy) is 1. The summed E-state index contributed by atoms with van der Waals surface area (Å²) < 4.78 is 6.78. The average Bonchev–Trinajstić information content (AvgIpc) is 3.02. The summed E-state index contributed by atoms with van der Waals surface area (Å²) in [5.41, 5.74) is 0.694. The number of rotatable bonds is 6. The third-order valence-electron chi connectivity index (χ3n) is 3.38. The Balaban J connectivity index is 1.93. The highest BCUT2D eigenvalue weighted by Gasteiger charge is 2.18. The van der Waals surface area contributed by atoms with Crippen molar-refractivity contribution < 1.29 is 14.3 Å². The summed E-state index contributed by atoms with van der Waals surface area (Å²) in [6.45, 7) is 5.41. The van der Waals surface area contributed by atoms with Crippen LogP contribution in [0.15, 0.2) is 42.6 Å². The lowest BCUT2D eigenvalue weighted by Gasteiger charge is -2.15. The highest BCUT2D eigenvalue weighted by molar-refractivity contribution is 6.32. The zero-order valence-corrected chi connectivity index (χ0v) is 15.0. The van der Waals surface area contributed by atoms with Crippen LogP contribution in [0.3, 0.4) is 0 Å². The average molecular weight is 362 g/mol. The van der Waals surface area contributed by atoms with Gasteiger partial charge in [0.05, 0.1) is 6.20 Å². The Morgan fingerprint density at radius 1 is 1.24 bits per heavy atom. The fraction of sp³-hybridized carbons (Fsp3) is 0.278. The van der Waals surface area contributed by atoms with Gasteiger partial charge in [-0.1, -0.05) is 29.8 Å². The van der Waals surface area contributed by atoms with E-state index in [9.17, 15) is 9.59 Å². The van der Waals surface area contributed by atoms with Crippen LogP contribution in [0.5, 0.6) is 0 Å². The lowest BCUT2D eigenvalue weighted by molar-refractivity contribution is -0.148. The Hall–Kier alpha value is -2.60. The molecule has 2 rings (SSSR count). The van der Waals surface area contributed by atoms with Crippen molar-refractivity contribution in [1.29, 1.82) is 0 Å². The third-order valence-corrected chi connectivity index (χ3v) is 3.72. The minimum Gasteiger partial charge on any atom is -0.449 e. The lowest BCUT2D eigenvalue weighted by atomic mass is 10.2. The van der Waals surface area contributed by atoms with Crippen LogP contribution in [0.4, 0.5) is 5.82 Å². The number of esters is 1. The molecule has 0 aliphatic rings. The Labute approximate surface area is 151 Å². The van der Waals surface area contributed by atoms with E-state index in [1.807, 2.05) is 19.9 Å². The standard InChI is InChI=1S/C18H20ClN3O3/c1-12(2)22-16(10-11-20-22)21-18(24)13(3)25-17(23)9-8-14-6-4-5-7-15(14)19/h4-13H,1-3H3,(H,21,24)/b9-8+/t13-/m0/s1. The van der Waals surface area contributed by atoms with Crippen molar-refractivity contribution in [3.05, 3.63) is 53.2 Å². The van der Waals surface area contributed by atoms with E-state index in [4.69, 9.17) is 16.3 Å². The van der Waals surface area contributed by atoms with Crippen LogP contribution in [0, 0.1) is 0 Å². The first-order chi connectivity index (χ1) is 11.9. The maximum Gasteiger partial charge on any atom is 0.331 e. The summed E-state index contributed by atoms with van der Waals surface area (Å²) in [5.74, 6) is -0.503. The molecule has 1 aromatic heterocycles. The topological polar surface area (TPSA) is 73.2 Å². The van der Waals surface area contributed by atoms with Gasteiger partial charge in [-0.3, -0.25) is 4.79 Å². The van der Waals surface area contributed by atoms with E-state index in [1.54, 1.807) is 41.2 Å². The van der Waals surface area contributed by atoms with Crippen LogP contribution < -0.4 is 5.32 Å². The first-order valence-electron chi connectivity index (χ1n) is 7.86. The van der Waals surface area contributed by atoms with Crippen molar-refractivity contribution >= 4 is 35.4 Å². The molecule has 1 atom stereocenters. The van der Waals surface area contributed by atoms with Crippen LogP contribution in [-0.4, -0.2) is 27.8 Å². The molecule has 0 saturated carbocycles. The van der Waals surface area contributed by atoms with Crippen molar-refractivity contribution in [1.82, 2.24) is 9.78 Å². The number of benzene rings is 1.